The van der Waals surface area contributed by atoms with Gasteiger partial charge in [-0.05, 0) is 42.7 Å². The van der Waals surface area contributed by atoms with Crippen molar-refractivity contribution < 1.29 is 22.8 Å². The van der Waals surface area contributed by atoms with Crippen molar-refractivity contribution in [1.29, 1.82) is 0 Å². The maximum atomic E-state index is 12.8. The van der Waals surface area contributed by atoms with Gasteiger partial charge in [0.1, 0.15) is 0 Å². The second-order valence-corrected chi connectivity index (χ2v) is 8.00. The summed E-state index contributed by atoms with van der Waals surface area (Å²) in [4.78, 5) is 25.9. The third-order valence-electron chi connectivity index (χ3n) is 4.30. The molecule has 1 aliphatic carbocycles. The number of hydrogen-bond donors (Lipinski definition) is 0. The second-order valence-electron chi connectivity index (χ2n) is 7.23. The molecule has 1 aromatic heterocycles. The van der Waals surface area contributed by atoms with Crippen molar-refractivity contribution in [2.75, 3.05) is 6.26 Å². The van der Waals surface area contributed by atoms with Crippen molar-refractivity contribution in [3.63, 3.8) is 0 Å². The minimum atomic E-state index is -4.54. The number of rotatable bonds is 3. The summed E-state index contributed by atoms with van der Waals surface area (Å²) in [6.45, 7) is 4.09. The van der Waals surface area contributed by atoms with Crippen LogP contribution in [0.5, 0.6) is 0 Å². The Balaban J connectivity index is 1.87. The Bertz CT molecular complexity index is 942. The fourth-order valence-corrected chi connectivity index (χ4v) is 3.35. The Labute approximate surface area is 164 Å². The van der Waals surface area contributed by atoms with Crippen LogP contribution >= 0.6 is 11.8 Å². The Morgan fingerprint density at radius 3 is 2.71 bits per heavy atom. The van der Waals surface area contributed by atoms with E-state index in [0.29, 0.717) is 22.9 Å². The van der Waals surface area contributed by atoms with E-state index in [0.717, 1.165) is 30.3 Å². The van der Waals surface area contributed by atoms with Gasteiger partial charge in [0.25, 0.3) is 0 Å². The predicted molar refractivity (Wildman–Crippen MR) is 99.3 cm³/mol. The molecular weight excluding hydrogens is 391 g/mol. The summed E-state index contributed by atoms with van der Waals surface area (Å²) in [5.74, 6) is -0.954. The summed E-state index contributed by atoms with van der Waals surface area (Å²) in [5, 5.41) is 4.58. The normalized spacial score (nSPS) is 17.3. The molecule has 1 heterocycles. The lowest BCUT2D eigenvalue weighted by molar-refractivity contribution is -0.137. The van der Waals surface area contributed by atoms with Crippen molar-refractivity contribution in [2.45, 2.75) is 38.0 Å². The molecule has 0 unspecified atom stereocenters. The highest BCUT2D eigenvalue weighted by Gasteiger charge is 2.33. The smallest absolute Gasteiger partial charge is 0.313 e. The van der Waals surface area contributed by atoms with Crippen LogP contribution < -0.4 is 0 Å². The third-order valence-corrected chi connectivity index (χ3v) is 4.86. The summed E-state index contributed by atoms with van der Waals surface area (Å²) >= 11 is 1.42. The molecule has 0 N–H and O–H groups in total. The number of alkyl halides is 3. The zero-order chi connectivity index (χ0) is 20.5. The van der Waals surface area contributed by atoms with Crippen molar-refractivity contribution in [1.82, 2.24) is 9.97 Å². The van der Waals surface area contributed by atoms with Crippen LogP contribution in [0.25, 0.3) is 0 Å². The molecule has 0 radical (unpaired) electrons. The number of benzene rings is 1. The average molecular weight is 409 g/mol. The van der Waals surface area contributed by atoms with Crippen LogP contribution in [0.2, 0.25) is 0 Å². The van der Waals surface area contributed by atoms with Crippen molar-refractivity contribution in [2.24, 2.45) is 10.6 Å². The highest BCUT2D eigenvalue weighted by Crippen LogP contribution is 2.35. The number of oxime groups is 1. The monoisotopic (exact) mass is 409 g/mol. The second kappa shape index (κ2) is 7.54. The molecule has 0 saturated heterocycles. The van der Waals surface area contributed by atoms with Gasteiger partial charge in [-0.15, -0.1) is 0 Å². The standard InChI is InChI=1S/C19H18F3N3O2S/c1-18(2)8-14-13(10-23-17(24-14)28-3)15(9-18)25-27-16(26)11-5-4-6-12(7-11)19(20,21)22/h4-7,10H,8-9H2,1-3H3. The highest BCUT2D eigenvalue weighted by atomic mass is 32.2. The zero-order valence-corrected chi connectivity index (χ0v) is 16.3. The van der Waals surface area contributed by atoms with Gasteiger partial charge in [0, 0.05) is 11.8 Å². The summed E-state index contributed by atoms with van der Waals surface area (Å²) in [7, 11) is 0. The third kappa shape index (κ3) is 4.52. The lowest BCUT2D eigenvalue weighted by Gasteiger charge is -2.30. The molecule has 1 aliphatic rings. The first-order valence-corrected chi connectivity index (χ1v) is 9.67. The predicted octanol–water partition coefficient (Wildman–Crippen LogP) is 4.75. The number of aromatic nitrogens is 2. The quantitative estimate of drug-likeness (QED) is 0.317. The minimum absolute atomic E-state index is 0.154. The molecule has 3 rings (SSSR count). The molecule has 0 fully saturated rings. The molecule has 0 atom stereocenters. The molecule has 0 amide bonds. The van der Waals surface area contributed by atoms with Crippen LogP contribution in [0, 0.1) is 5.41 Å². The molecule has 2 aromatic rings. The van der Waals surface area contributed by atoms with Gasteiger partial charge in [0.05, 0.1) is 22.5 Å². The van der Waals surface area contributed by atoms with Gasteiger partial charge >= 0.3 is 12.1 Å². The molecule has 1 aromatic carbocycles. The zero-order valence-electron chi connectivity index (χ0n) is 15.5. The van der Waals surface area contributed by atoms with E-state index in [-0.39, 0.29) is 11.0 Å². The summed E-state index contributed by atoms with van der Waals surface area (Å²) in [6.07, 6.45) is 0.222. The van der Waals surface area contributed by atoms with Crippen LogP contribution in [0.15, 0.2) is 40.8 Å². The fraction of sp³-hybridized carbons (Fsp3) is 0.368. The molecule has 28 heavy (non-hydrogen) atoms. The summed E-state index contributed by atoms with van der Waals surface area (Å²) in [5.41, 5.74) is 0.705. The largest absolute Gasteiger partial charge is 0.416 e. The molecule has 0 spiro atoms. The number of carbonyl (C=O) groups is 1. The van der Waals surface area contributed by atoms with Gasteiger partial charge in [-0.25, -0.2) is 14.8 Å². The first-order chi connectivity index (χ1) is 13.1. The van der Waals surface area contributed by atoms with Gasteiger partial charge < -0.3 is 4.84 Å². The van der Waals surface area contributed by atoms with Crippen LogP contribution in [-0.4, -0.2) is 27.9 Å². The van der Waals surface area contributed by atoms with E-state index in [1.54, 1.807) is 6.20 Å². The SMILES string of the molecule is CSc1ncc2c(n1)CC(C)(C)CC2=NOC(=O)c1cccc(C(F)(F)F)c1. The van der Waals surface area contributed by atoms with Crippen LogP contribution in [0.1, 0.15) is 47.4 Å². The Morgan fingerprint density at radius 1 is 1.29 bits per heavy atom. The van der Waals surface area contributed by atoms with Gasteiger partial charge in [-0.1, -0.05) is 36.8 Å². The van der Waals surface area contributed by atoms with Crippen LogP contribution in [0.3, 0.4) is 0 Å². The van der Waals surface area contributed by atoms with Gasteiger partial charge in [0.15, 0.2) is 5.16 Å². The van der Waals surface area contributed by atoms with E-state index in [9.17, 15) is 18.0 Å². The number of carbonyl (C=O) groups excluding carboxylic acids is 1. The number of nitrogens with zero attached hydrogens (tertiary/aromatic N) is 3. The highest BCUT2D eigenvalue weighted by molar-refractivity contribution is 7.98. The average Bonchev–Trinajstić information content (AvgIpc) is 2.63. The Kier molecular flexibility index (Phi) is 5.47. The van der Waals surface area contributed by atoms with Crippen LogP contribution in [0.4, 0.5) is 13.2 Å². The summed E-state index contributed by atoms with van der Waals surface area (Å²) in [6, 6.07) is 4.05. The van der Waals surface area contributed by atoms with Crippen LogP contribution in [-0.2, 0) is 17.4 Å². The van der Waals surface area contributed by atoms with E-state index < -0.39 is 17.7 Å². The maximum Gasteiger partial charge on any atom is 0.416 e. The number of hydrogen-bond acceptors (Lipinski definition) is 6. The van der Waals surface area contributed by atoms with E-state index in [1.807, 2.05) is 20.1 Å². The number of fused-ring (bicyclic) bond motifs is 1. The first-order valence-electron chi connectivity index (χ1n) is 8.45. The van der Waals surface area contributed by atoms with E-state index in [4.69, 9.17) is 4.84 Å². The van der Waals surface area contributed by atoms with Gasteiger partial charge in [-0.2, -0.15) is 13.2 Å². The molecule has 0 bridgehead atoms. The lowest BCUT2D eigenvalue weighted by Crippen LogP contribution is -2.29. The molecular formula is C19H18F3N3O2S. The van der Waals surface area contributed by atoms with E-state index in [2.05, 4.69) is 15.1 Å². The Hall–Kier alpha value is -2.42. The van der Waals surface area contributed by atoms with Gasteiger partial charge in [-0.3, -0.25) is 0 Å². The van der Waals surface area contributed by atoms with Crippen molar-refractivity contribution >= 4 is 23.4 Å². The topological polar surface area (TPSA) is 64.4 Å². The molecule has 148 valence electrons. The van der Waals surface area contributed by atoms with Gasteiger partial charge in [0.2, 0.25) is 0 Å². The number of thioether (sulfide) groups is 1. The fourth-order valence-electron chi connectivity index (χ4n) is 2.99. The van der Waals surface area contributed by atoms with E-state index in [1.165, 1.54) is 17.8 Å². The maximum absolute atomic E-state index is 12.8. The molecule has 0 saturated carbocycles. The molecule has 9 heteroatoms. The molecule has 5 nitrogen and oxygen atoms in total. The minimum Gasteiger partial charge on any atom is -0.313 e. The summed E-state index contributed by atoms with van der Waals surface area (Å²) < 4.78 is 38.5. The van der Waals surface area contributed by atoms with E-state index >= 15 is 0 Å². The molecule has 0 aliphatic heterocycles. The van der Waals surface area contributed by atoms with Crippen molar-refractivity contribution in [3.8, 4) is 0 Å². The first kappa shape index (κ1) is 20.3. The number of halogens is 3. The Morgan fingerprint density at radius 2 is 2.04 bits per heavy atom. The lowest BCUT2D eigenvalue weighted by atomic mass is 9.76. The van der Waals surface area contributed by atoms with Crippen molar-refractivity contribution in [3.05, 3.63) is 52.8 Å².